The summed E-state index contributed by atoms with van der Waals surface area (Å²) in [6.07, 6.45) is 0.127. The summed E-state index contributed by atoms with van der Waals surface area (Å²) in [7, 11) is 0. The molecule has 0 saturated carbocycles. The first-order valence-electron chi connectivity index (χ1n) is 3.52. The number of cyclic esters (lactones) is 1. The van der Waals surface area contributed by atoms with Crippen LogP contribution in [0.5, 0.6) is 0 Å². The van der Waals surface area contributed by atoms with Crippen molar-refractivity contribution in [3.05, 3.63) is 12.7 Å². The van der Waals surface area contributed by atoms with Gasteiger partial charge in [-0.3, -0.25) is 4.79 Å². The molecule has 0 amide bonds. The summed E-state index contributed by atoms with van der Waals surface area (Å²) in [5, 5.41) is 9.47. The van der Waals surface area contributed by atoms with Crippen LogP contribution in [0.25, 0.3) is 0 Å². The van der Waals surface area contributed by atoms with Crippen LogP contribution in [0.1, 0.15) is 13.8 Å². The van der Waals surface area contributed by atoms with E-state index in [0.29, 0.717) is 0 Å². The zero-order valence-electron chi connectivity index (χ0n) is 6.70. The molecule has 3 nitrogen and oxygen atoms in total. The highest BCUT2D eigenvalue weighted by Crippen LogP contribution is 2.33. The summed E-state index contributed by atoms with van der Waals surface area (Å²) in [5.41, 5.74) is -0.793. The van der Waals surface area contributed by atoms with Crippen LogP contribution >= 0.6 is 0 Å². The molecule has 0 aromatic heterocycles. The number of aliphatic hydroxyl groups excluding tert-OH is 1. The van der Waals surface area contributed by atoms with Gasteiger partial charge in [0.25, 0.3) is 0 Å². The zero-order chi connectivity index (χ0) is 8.65. The number of hydrogen-bond acceptors (Lipinski definition) is 3. The summed E-state index contributed by atoms with van der Waals surface area (Å²) >= 11 is 0. The topological polar surface area (TPSA) is 46.5 Å². The Labute approximate surface area is 65.7 Å². The predicted molar refractivity (Wildman–Crippen MR) is 39.9 cm³/mol. The van der Waals surface area contributed by atoms with Gasteiger partial charge in [-0.05, 0) is 19.9 Å². The molecule has 0 aromatic carbocycles. The number of carbonyl (C=O) groups excluding carboxylic acids is 1. The Kier molecular flexibility index (Phi) is 1.76. The third-order valence-corrected chi connectivity index (χ3v) is 2.05. The van der Waals surface area contributed by atoms with Crippen molar-refractivity contribution >= 4 is 5.97 Å². The van der Waals surface area contributed by atoms with Gasteiger partial charge in [-0.2, -0.15) is 0 Å². The molecule has 0 aliphatic carbocycles. The first-order chi connectivity index (χ1) is 5.00. The average Bonchev–Trinajstić information content (AvgIpc) is 2.14. The minimum absolute atomic E-state index is 0.366. The molecule has 0 radical (unpaired) electrons. The lowest BCUT2D eigenvalue weighted by molar-refractivity contribution is -0.146. The molecule has 1 aliphatic heterocycles. The van der Waals surface area contributed by atoms with Gasteiger partial charge in [-0.25, -0.2) is 0 Å². The Hall–Kier alpha value is -0.830. The summed E-state index contributed by atoms with van der Waals surface area (Å²) in [5.74, 6) is -0.366. The SMILES string of the molecule is C=CC1OC(=O)C(C)(C)C1O. The van der Waals surface area contributed by atoms with Crippen LogP contribution in [0.2, 0.25) is 0 Å². The number of aliphatic hydroxyl groups is 1. The van der Waals surface area contributed by atoms with Crippen molar-refractivity contribution in [3.8, 4) is 0 Å². The Morgan fingerprint density at radius 1 is 1.73 bits per heavy atom. The number of hydrogen-bond donors (Lipinski definition) is 1. The quantitative estimate of drug-likeness (QED) is 0.444. The van der Waals surface area contributed by atoms with Crippen molar-refractivity contribution in [3.63, 3.8) is 0 Å². The molecule has 1 fully saturated rings. The Morgan fingerprint density at radius 2 is 2.27 bits per heavy atom. The smallest absolute Gasteiger partial charge is 0.314 e. The second kappa shape index (κ2) is 2.34. The van der Waals surface area contributed by atoms with E-state index in [1.165, 1.54) is 6.08 Å². The van der Waals surface area contributed by atoms with Crippen LogP contribution in [-0.4, -0.2) is 23.3 Å². The second-order valence-electron chi connectivity index (χ2n) is 3.27. The van der Waals surface area contributed by atoms with E-state index in [4.69, 9.17) is 4.74 Å². The van der Waals surface area contributed by atoms with Gasteiger partial charge >= 0.3 is 5.97 Å². The van der Waals surface area contributed by atoms with Crippen molar-refractivity contribution in [2.24, 2.45) is 5.41 Å². The van der Waals surface area contributed by atoms with E-state index in [1.807, 2.05) is 0 Å². The highest BCUT2D eigenvalue weighted by Gasteiger charge is 2.49. The van der Waals surface area contributed by atoms with E-state index >= 15 is 0 Å². The van der Waals surface area contributed by atoms with Crippen LogP contribution in [0.3, 0.4) is 0 Å². The van der Waals surface area contributed by atoms with Crippen LogP contribution in [-0.2, 0) is 9.53 Å². The molecular formula is C8H12O3. The van der Waals surface area contributed by atoms with E-state index in [-0.39, 0.29) is 5.97 Å². The molecule has 3 heteroatoms. The van der Waals surface area contributed by atoms with Gasteiger partial charge in [0.15, 0.2) is 0 Å². The minimum atomic E-state index is -0.793. The predicted octanol–water partition coefficient (Wildman–Crippen LogP) is 0.485. The molecule has 1 aliphatic rings. The van der Waals surface area contributed by atoms with Gasteiger partial charge in [-0.1, -0.05) is 6.58 Å². The van der Waals surface area contributed by atoms with E-state index in [9.17, 15) is 9.90 Å². The molecule has 1 N–H and O–H groups in total. The van der Waals surface area contributed by atoms with Gasteiger partial charge in [0.05, 0.1) is 5.41 Å². The molecular weight excluding hydrogens is 144 g/mol. The van der Waals surface area contributed by atoms with Gasteiger partial charge < -0.3 is 9.84 Å². The summed E-state index contributed by atoms with van der Waals surface area (Å²) in [6, 6.07) is 0. The molecule has 2 unspecified atom stereocenters. The van der Waals surface area contributed by atoms with Crippen molar-refractivity contribution in [2.45, 2.75) is 26.1 Å². The lowest BCUT2D eigenvalue weighted by Gasteiger charge is -2.17. The van der Waals surface area contributed by atoms with Crippen molar-refractivity contribution in [1.82, 2.24) is 0 Å². The highest BCUT2D eigenvalue weighted by atomic mass is 16.6. The fraction of sp³-hybridized carbons (Fsp3) is 0.625. The Bertz CT molecular complexity index is 196. The molecule has 11 heavy (non-hydrogen) atoms. The largest absolute Gasteiger partial charge is 0.455 e. The normalized spacial score (nSPS) is 35.0. The van der Waals surface area contributed by atoms with E-state index in [2.05, 4.69) is 6.58 Å². The lowest BCUT2D eigenvalue weighted by Crippen LogP contribution is -2.32. The van der Waals surface area contributed by atoms with Crippen LogP contribution in [0, 0.1) is 5.41 Å². The third kappa shape index (κ3) is 1.05. The summed E-state index contributed by atoms with van der Waals surface area (Å²) < 4.78 is 4.83. The Morgan fingerprint density at radius 3 is 2.45 bits per heavy atom. The number of rotatable bonds is 1. The van der Waals surface area contributed by atoms with E-state index in [1.54, 1.807) is 13.8 Å². The molecule has 62 valence electrons. The number of carbonyl (C=O) groups is 1. The maximum atomic E-state index is 11.0. The lowest BCUT2D eigenvalue weighted by atomic mass is 9.87. The molecule has 1 saturated heterocycles. The van der Waals surface area contributed by atoms with Crippen molar-refractivity contribution in [2.75, 3.05) is 0 Å². The van der Waals surface area contributed by atoms with E-state index < -0.39 is 17.6 Å². The van der Waals surface area contributed by atoms with Gasteiger partial charge in [0.1, 0.15) is 12.2 Å². The highest BCUT2D eigenvalue weighted by molar-refractivity contribution is 5.79. The zero-order valence-corrected chi connectivity index (χ0v) is 6.70. The summed E-state index contributed by atoms with van der Waals surface area (Å²) in [6.45, 7) is 6.77. The molecule has 0 aromatic rings. The fourth-order valence-corrected chi connectivity index (χ4v) is 1.05. The maximum absolute atomic E-state index is 11.0. The van der Waals surface area contributed by atoms with E-state index in [0.717, 1.165) is 0 Å². The maximum Gasteiger partial charge on any atom is 0.314 e. The molecule has 1 heterocycles. The Balaban J connectivity index is 2.88. The number of esters is 1. The van der Waals surface area contributed by atoms with Gasteiger partial charge in [-0.15, -0.1) is 0 Å². The molecule has 2 atom stereocenters. The van der Waals surface area contributed by atoms with Gasteiger partial charge in [0.2, 0.25) is 0 Å². The summed E-state index contributed by atoms with van der Waals surface area (Å²) in [4.78, 5) is 11.0. The fourth-order valence-electron chi connectivity index (χ4n) is 1.05. The van der Waals surface area contributed by atoms with Crippen LogP contribution in [0.4, 0.5) is 0 Å². The molecule has 0 bridgehead atoms. The van der Waals surface area contributed by atoms with Crippen molar-refractivity contribution < 1.29 is 14.6 Å². The number of ether oxygens (including phenoxy) is 1. The first-order valence-corrected chi connectivity index (χ1v) is 3.52. The average molecular weight is 156 g/mol. The van der Waals surface area contributed by atoms with Gasteiger partial charge in [0, 0.05) is 0 Å². The first kappa shape index (κ1) is 8.27. The molecule has 0 spiro atoms. The monoisotopic (exact) mass is 156 g/mol. The second-order valence-corrected chi connectivity index (χ2v) is 3.27. The van der Waals surface area contributed by atoms with Crippen LogP contribution in [0.15, 0.2) is 12.7 Å². The third-order valence-electron chi connectivity index (χ3n) is 2.05. The van der Waals surface area contributed by atoms with Crippen LogP contribution < -0.4 is 0 Å². The van der Waals surface area contributed by atoms with Crippen molar-refractivity contribution in [1.29, 1.82) is 0 Å². The molecule has 1 rings (SSSR count). The standard InChI is InChI=1S/C8H12O3/c1-4-5-6(9)8(2,3)7(10)11-5/h4-6,9H,1H2,2-3H3. The minimum Gasteiger partial charge on any atom is -0.455 e.